The van der Waals surface area contributed by atoms with E-state index in [0.717, 1.165) is 10.9 Å². The number of benzene rings is 1. The Labute approximate surface area is 108 Å². The summed E-state index contributed by atoms with van der Waals surface area (Å²) < 4.78 is 0. The Balaban J connectivity index is 1.89. The molecule has 0 bridgehead atoms. The number of H-pyrrole nitrogens is 1. The molecule has 0 saturated heterocycles. The van der Waals surface area contributed by atoms with Crippen LogP contribution in [0.4, 0.5) is 5.82 Å². The first-order valence-corrected chi connectivity index (χ1v) is 5.62. The van der Waals surface area contributed by atoms with Gasteiger partial charge in [0.25, 0.3) is 5.91 Å². The number of nitrogens with zero attached hydrogens (tertiary/aromatic N) is 2. The number of hydrogen-bond donors (Lipinski definition) is 3. The van der Waals surface area contributed by atoms with Crippen LogP contribution in [-0.4, -0.2) is 26.2 Å². The normalized spacial score (nSPS) is 10.5. The summed E-state index contributed by atoms with van der Waals surface area (Å²) in [6, 6.07) is 8.21. The third-order valence-corrected chi connectivity index (χ3v) is 2.72. The fourth-order valence-electron chi connectivity index (χ4n) is 1.76. The van der Waals surface area contributed by atoms with Gasteiger partial charge in [-0.1, -0.05) is 0 Å². The first-order valence-electron chi connectivity index (χ1n) is 5.62. The van der Waals surface area contributed by atoms with Gasteiger partial charge < -0.3 is 10.4 Å². The summed E-state index contributed by atoms with van der Waals surface area (Å²) in [6.07, 6.45) is 3.14. The molecule has 0 aliphatic carbocycles. The van der Waals surface area contributed by atoms with Crippen LogP contribution < -0.4 is 5.32 Å². The van der Waals surface area contributed by atoms with E-state index >= 15 is 0 Å². The topological polar surface area (TPSA) is 90.9 Å². The van der Waals surface area contributed by atoms with Crippen LogP contribution >= 0.6 is 0 Å². The van der Waals surface area contributed by atoms with Gasteiger partial charge in [0.15, 0.2) is 11.6 Å². The molecule has 0 spiro atoms. The molecule has 19 heavy (non-hydrogen) atoms. The number of carbonyl (C=O) groups excluding carboxylic acids is 1. The SMILES string of the molecule is O=C(Nc1ncccc1O)c1ccc2[nH]ncc2c1. The third-order valence-electron chi connectivity index (χ3n) is 2.72. The summed E-state index contributed by atoms with van der Waals surface area (Å²) in [5.41, 5.74) is 1.33. The van der Waals surface area contributed by atoms with E-state index in [4.69, 9.17) is 0 Å². The molecular formula is C13H10N4O2. The number of anilines is 1. The summed E-state index contributed by atoms with van der Waals surface area (Å²) in [6.45, 7) is 0. The summed E-state index contributed by atoms with van der Waals surface area (Å²) in [5.74, 6) is -0.267. The van der Waals surface area contributed by atoms with Crippen LogP contribution in [0.25, 0.3) is 10.9 Å². The molecule has 3 rings (SSSR count). The van der Waals surface area contributed by atoms with E-state index in [1.807, 2.05) is 0 Å². The monoisotopic (exact) mass is 254 g/mol. The molecule has 2 aromatic heterocycles. The number of fused-ring (bicyclic) bond motifs is 1. The summed E-state index contributed by atoms with van der Waals surface area (Å²) in [7, 11) is 0. The maximum Gasteiger partial charge on any atom is 0.256 e. The van der Waals surface area contributed by atoms with E-state index in [9.17, 15) is 9.90 Å². The van der Waals surface area contributed by atoms with Crippen LogP contribution in [-0.2, 0) is 0 Å². The lowest BCUT2D eigenvalue weighted by atomic mass is 10.1. The molecule has 6 heteroatoms. The van der Waals surface area contributed by atoms with Crippen molar-refractivity contribution in [1.82, 2.24) is 15.2 Å². The van der Waals surface area contributed by atoms with E-state index in [1.54, 1.807) is 30.5 Å². The lowest BCUT2D eigenvalue weighted by molar-refractivity contribution is 0.102. The zero-order valence-corrected chi connectivity index (χ0v) is 9.79. The van der Waals surface area contributed by atoms with Crippen molar-refractivity contribution in [2.75, 3.05) is 5.32 Å². The van der Waals surface area contributed by atoms with E-state index in [2.05, 4.69) is 20.5 Å². The molecule has 94 valence electrons. The zero-order valence-electron chi connectivity index (χ0n) is 9.79. The van der Waals surface area contributed by atoms with Crippen LogP contribution in [0.1, 0.15) is 10.4 Å². The van der Waals surface area contributed by atoms with Gasteiger partial charge in [0, 0.05) is 17.1 Å². The molecule has 3 N–H and O–H groups in total. The van der Waals surface area contributed by atoms with Crippen LogP contribution in [0.5, 0.6) is 5.75 Å². The van der Waals surface area contributed by atoms with Crippen molar-refractivity contribution in [2.45, 2.75) is 0 Å². The highest BCUT2D eigenvalue weighted by Gasteiger charge is 2.10. The summed E-state index contributed by atoms with van der Waals surface area (Å²) >= 11 is 0. The minimum Gasteiger partial charge on any atom is -0.504 e. The Morgan fingerprint density at radius 1 is 1.32 bits per heavy atom. The Morgan fingerprint density at radius 3 is 3.05 bits per heavy atom. The highest BCUT2D eigenvalue weighted by atomic mass is 16.3. The van der Waals surface area contributed by atoms with Gasteiger partial charge >= 0.3 is 0 Å². The van der Waals surface area contributed by atoms with Crippen molar-refractivity contribution in [3.8, 4) is 5.75 Å². The number of hydrogen-bond acceptors (Lipinski definition) is 4. The first kappa shape index (κ1) is 11.2. The van der Waals surface area contributed by atoms with Crippen molar-refractivity contribution < 1.29 is 9.90 Å². The molecule has 2 heterocycles. The quantitative estimate of drug-likeness (QED) is 0.651. The van der Waals surface area contributed by atoms with Crippen molar-refractivity contribution in [2.24, 2.45) is 0 Å². The van der Waals surface area contributed by atoms with Gasteiger partial charge in [-0.3, -0.25) is 9.89 Å². The van der Waals surface area contributed by atoms with Crippen LogP contribution in [0.15, 0.2) is 42.7 Å². The number of rotatable bonds is 2. The van der Waals surface area contributed by atoms with E-state index in [1.165, 1.54) is 12.3 Å². The fourth-order valence-corrected chi connectivity index (χ4v) is 1.76. The molecule has 0 radical (unpaired) electrons. The van der Waals surface area contributed by atoms with E-state index in [0.29, 0.717) is 5.56 Å². The summed E-state index contributed by atoms with van der Waals surface area (Å²) in [5, 5.41) is 19.7. The standard InChI is InChI=1S/C13H10N4O2/c18-11-2-1-5-14-12(11)16-13(19)8-3-4-10-9(6-8)7-15-17-10/h1-7,18H,(H,15,17)(H,14,16,19). The van der Waals surface area contributed by atoms with Gasteiger partial charge in [-0.05, 0) is 30.3 Å². The Morgan fingerprint density at radius 2 is 2.21 bits per heavy atom. The minimum atomic E-state index is -0.336. The molecule has 0 fully saturated rings. The second-order valence-corrected chi connectivity index (χ2v) is 4.00. The second kappa shape index (κ2) is 4.41. The number of nitrogens with one attached hydrogen (secondary N) is 2. The predicted molar refractivity (Wildman–Crippen MR) is 69.9 cm³/mol. The van der Waals surface area contributed by atoms with Crippen LogP contribution in [0.2, 0.25) is 0 Å². The zero-order chi connectivity index (χ0) is 13.2. The average molecular weight is 254 g/mol. The molecule has 0 aliphatic rings. The fraction of sp³-hybridized carbons (Fsp3) is 0. The minimum absolute atomic E-state index is 0.0692. The molecular weight excluding hydrogens is 244 g/mol. The van der Waals surface area contributed by atoms with Crippen LogP contribution in [0, 0.1) is 0 Å². The Kier molecular flexibility index (Phi) is 2.60. The molecule has 0 atom stereocenters. The molecule has 0 aliphatic heterocycles. The largest absolute Gasteiger partial charge is 0.504 e. The molecule has 1 amide bonds. The van der Waals surface area contributed by atoms with Crippen molar-refractivity contribution in [1.29, 1.82) is 0 Å². The lowest BCUT2D eigenvalue weighted by Crippen LogP contribution is -2.12. The predicted octanol–water partition coefficient (Wildman–Crippen LogP) is 1.92. The molecule has 3 aromatic rings. The van der Waals surface area contributed by atoms with Gasteiger partial charge in [-0.15, -0.1) is 0 Å². The number of carbonyl (C=O) groups is 1. The smallest absolute Gasteiger partial charge is 0.256 e. The van der Waals surface area contributed by atoms with Crippen molar-refractivity contribution >= 4 is 22.6 Å². The first-order chi connectivity index (χ1) is 9.24. The van der Waals surface area contributed by atoms with Crippen molar-refractivity contribution in [3.63, 3.8) is 0 Å². The number of pyridine rings is 1. The van der Waals surface area contributed by atoms with E-state index < -0.39 is 0 Å². The van der Waals surface area contributed by atoms with E-state index in [-0.39, 0.29) is 17.5 Å². The van der Waals surface area contributed by atoms with Gasteiger partial charge in [0.05, 0.1) is 11.7 Å². The maximum atomic E-state index is 12.0. The Bertz CT molecular complexity index is 751. The highest BCUT2D eigenvalue weighted by molar-refractivity contribution is 6.06. The van der Waals surface area contributed by atoms with Gasteiger partial charge in [-0.2, -0.15) is 5.10 Å². The number of aromatic amines is 1. The van der Waals surface area contributed by atoms with Gasteiger partial charge in [0.1, 0.15) is 0 Å². The molecule has 0 saturated carbocycles. The lowest BCUT2D eigenvalue weighted by Gasteiger charge is -2.05. The number of aromatic hydroxyl groups is 1. The highest BCUT2D eigenvalue weighted by Crippen LogP contribution is 2.20. The van der Waals surface area contributed by atoms with Gasteiger partial charge in [-0.25, -0.2) is 4.98 Å². The second-order valence-electron chi connectivity index (χ2n) is 4.00. The van der Waals surface area contributed by atoms with Gasteiger partial charge in [0.2, 0.25) is 0 Å². The third kappa shape index (κ3) is 2.11. The Hall–Kier alpha value is -2.89. The van der Waals surface area contributed by atoms with Crippen molar-refractivity contribution in [3.05, 3.63) is 48.3 Å². The average Bonchev–Trinajstić information content (AvgIpc) is 2.88. The molecule has 6 nitrogen and oxygen atoms in total. The summed E-state index contributed by atoms with van der Waals surface area (Å²) in [4.78, 5) is 15.9. The molecule has 1 aromatic carbocycles. The number of aromatic nitrogens is 3. The van der Waals surface area contributed by atoms with Crippen LogP contribution in [0.3, 0.4) is 0 Å². The molecule has 0 unspecified atom stereocenters. The maximum absolute atomic E-state index is 12.0. The number of amides is 1.